The Hall–Kier alpha value is -1.08. The van der Waals surface area contributed by atoms with Gasteiger partial charge < -0.3 is 11.1 Å². The van der Waals surface area contributed by atoms with Crippen LogP contribution in [0, 0.1) is 0 Å². The van der Waals surface area contributed by atoms with Crippen LogP contribution in [0.15, 0.2) is 17.6 Å². The summed E-state index contributed by atoms with van der Waals surface area (Å²) in [4.78, 5) is 4.02. The van der Waals surface area contributed by atoms with Gasteiger partial charge >= 0.3 is 0 Å². The van der Waals surface area contributed by atoms with Gasteiger partial charge in [-0.25, -0.2) is 12.7 Å². The summed E-state index contributed by atoms with van der Waals surface area (Å²) in [6.45, 7) is 5.47. The van der Waals surface area contributed by atoms with Gasteiger partial charge in [-0.1, -0.05) is 6.08 Å². The number of aliphatic imine (C=N–C) groups is 1. The van der Waals surface area contributed by atoms with E-state index in [-0.39, 0.29) is 5.75 Å². The van der Waals surface area contributed by atoms with Gasteiger partial charge in [0, 0.05) is 19.6 Å². The van der Waals surface area contributed by atoms with Gasteiger partial charge in [-0.15, -0.1) is 6.58 Å². The Kier molecular flexibility index (Phi) is 4.75. The zero-order valence-corrected chi connectivity index (χ0v) is 10.0. The average molecular weight is 246 g/mol. The predicted molar refractivity (Wildman–Crippen MR) is 64.7 cm³/mol. The van der Waals surface area contributed by atoms with Gasteiger partial charge in [0.15, 0.2) is 5.96 Å². The van der Waals surface area contributed by atoms with Crippen molar-refractivity contribution in [2.24, 2.45) is 10.7 Å². The average Bonchev–Trinajstić information content (AvgIpc) is 2.55. The molecule has 1 rings (SSSR count). The van der Waals surface area contributed by atoms with E-state index >= 15 is 0 Å². The largest absolute Gasteiger partial charge is 0.370 e. The summed E-state index contributed by atoms with van der Waals surface area (Å²) in [7, 11) is -3.02. The SMILES string of the molecule is C=CCNC(N)=NCCN1CCCS1(=O)=O. The molecule has 16 heavy (non-hydrogen) atoms. The molecule has 0 radical (unpaired) electrons. The molecule has 0 amide bonds. The summed E-state index contributed by atoms with van der Waals surface area (Å²) in [6, 6.07) is 0. The van der Waals surface area contributed by atoms with Crippen molar-refractivity contribution in [3.05, 3.63) is 12.7 Å². The predicted octanol–water partition coefficient (Wildman–Crippen LogP) is -0.888. The first-order chi connectivity index (χ1) is 7.56. The molecule has 0 bridgehead atoms. The van der Waals surface area contributed by atoms with E-state index in [9.17, 15) is 8.42 Å². The lowest BCUT2D eigenvalue weighted by atomic mass is 10.5. The Labute approximate surface area is 96.3 Å². The summed E-state index contributed by atoms with van der Waals surface area (Å²) in [5.41, 5.74) is 5.54. The van der Waals surface area contributed by atoms with Crippen molar-refractivity contribution >= 4 is 16.0 Å². The Morgan fingerprint density at radius 2 is 2.38 bits per heavy atom. The molecule has 7 heteroatoms. The monoisotopic (exact) mass is 246 g/mol. The molecule has 1 aliphatic rings. The summed E-state index contributed by atoms with van der Waals surface area (Å²) in [6.07, 6.45) is 2.38. The maximum Gasteiger partial charge on any atom is 0.214 e. The molecule has 0 aromatic rings. The third kappa shape index (κ3) is 3.82. The van der Waals surface area contributed by atoms with Crippen LogP contribution in [0.4, 0.5) is 0 Å². The van der Waals surface area contributed by atoms with Crippen molar-refractivity contribution in [3.63, 3.8) is 0 Å². The number of nitrogens with zero attached hydrogens (tertiary/aromatic N) is 2. The fraction of sp³-hybridized carbons (Fsp3) is 0.667. The standard InChI is InChI=1S/C9H18N4O2S/c1-2-4-11-9(10)12-5-7-13-6-3-8-16(13,14)15/h2H,1,3-8H2,(H3,10,11,12). The quantitative estimate of drug-likeness (QED) is 0.374. The highest BCUT2D eigenvalue weighted by Crippen LogP contribution is 2.11. The van der Waals surface area contributed by atoms with Crippen molar-refractivity contribution in [1.82, 2.24) is 9.62 Å². The molecule has 1 aliphatic heterocycles. The van der Waals surface area contributed by atoms with Gasteiger partial charge in [-0.05, 0) is 6.42 Å². The maximum atomic E-state index is 11.4. The molecule has 1 heterocycles. The van der Waals surface area contributed by atoms with Crippen LogP contribution in [0.3, 0.4) is 0 Å². The molecule has 1 saturated heterocycles. The normalized spacial score (nSPS) is 20.9. The van der Waals surface area contributed by atoms with Crippen LogP contribution in [0.5, 0.6) is 0 Å². The summed E-state index contributed by atoms with van der Waals surface area (Å²) in [5, 5.41) is 2.82. The third-order valence-electron chi connectivity index (χ3n) is 2.26. The van der Waals surface area contributed by atoms with Gasteiger partial charge in [-0.3, -0.25) is 4.99 Å². The van der Waals surface area contributed by atoms with Crippen LogP contribution in [0.2, 0.25) is 0 Å². The smallest absolute Gasteiger partial charge is 0.214 e. The van der Waals surface area contributed by atoms with E-state index in [1.165, 1.54) is 4.31 Å². The van der Waals surface area contributed by atoms with Crippen molar-refractivity contribution in [2.45, 2.75) is 6.42 Å². The van der Waals surface area contributed by atoms with Gasteiger partial charge in [0.2, 0.25) is 10.0 Å². The lowest BCUT2D eigenvalue weighted by Gasteiger charge is -2.12. The number of hydrogen-bond donors (Lipinski definition) is 2. The van der Waals surface area contributed by atoms with Crippen LogP contribution in [0.1, 0.15) is 6.42 Å². The molecular formula is C9H18N4O2S. The van der Waals surface area contributed by atoms with Crippen LogP contribution < -0.4 is 11.1 Å². The fourth-order valence-corrected chi connectivity index (χ4v) is 2.98. The van der Waals surface area contributed by atoms with Crippen molar-refractivity contribution in [2.75, 3.05) is 31.9 Å². The van der Waals surface area contributed by atoms with Crippen LogP contribution in [-0.2, 0) is 10.0 Å². The van der Waals surface area contributed by atoms with E-state index in [4.69, 9.17) is 5.73 Å². The number of sulfonamides is 1. The molecule has 0 aromatic carbocycles. The first-order valence-electron chi connectivity index (χ1n) is 5.19. The molecular weight excluding hydrogens is 228 g/mol. The minimum absolute atomic E-state index is 0.251. The zero-order valence-electron chi connectivity index (χ0n) is 9.22. The molecule has 0 aromatic heterocycles. The summed E-state index contributed by atoms with van der Waals surface area (Å²) in [5.74, 6) is 0.567. The molecule has 0 unspecified atom stereocenters. The molecule has 6 nitrogen and oxygen atoms in total. The Morgan fingerprint density at radius 3 is 2.94 bits per heavy atom. The van der Waals surface area contributed by atoms with E-state index in [0.29, 0.717) is 38.6 Å². The van der Waals surface area contributed by atoms with Gasteiger partial charge in [0.05, 0.1) is 12.3 Å². The molecule has 1 fully saturated rings. The second-order valence-electron chi connectivity index (χ2n) is 3.51. The molecule has 0 aliphatic carbocycles. The second kappa shape index (κ2) is 5.86. The van der Waals surface area contributed by atoms with E-state index in [0.717, 1.165) is 0 Å². The fourth-order valence-electron chi connectivity index (χ4n) is 1.46. The Morgan fingerprint density at radius 1 is 1.62 bits per heavy atom. The van der Waals surface area contributed by atoms with Gasteiger partial charge in [0.25, 0.3) is 0 Å². The van der Waals surface area contributed by atoms with Gasteiger partial charge in [0.1, 0.15) is 0 Å². The topological polar surface area (TPSA) is 87.8 Å². The van der Waals surface area contributed by atoms with Gasteiger partial charge in [-0.2, -0.15) is 0 Å². The van der Waals surface area contributed by atoms with Crippen molar-refractivity contribution < 1.29 is 8.42 Å². The maximum absolute atomic E-state index is 11.4. The van der Waals surface area contributed by atoms with E-state index < -0.39 is 10.0 Å². The zero-order chi connectivity index (χ0) is 12.0. The molecule has 3 N–H and O–H groups in total. The highest BCUT2D eigenvalue weighted by atomic mass is 32.2. The molecule has 0 atom stereocenters. The molecule has 0 spiro atoms. The number of nitrogens with one attached hydrogen (secondary N) is 1. The highest BCUT2D eigenvalue weighted by molar-refractivity contribution is 7.89. The van der Waals surface area contributed by atoms with Crippen molar-refractivity contribution in [1.29, 1.82) is 0 Å². The molecule has 0 saturated carbocycles. The number of nitrogens with two attached hydrogens (primary N) is 1. The first-order valence-corrected chi connectivity index (χ1v) is 6.79. The summed E-state index contributed by atoms with van der Waals surface area (Å²) < 4.78 is 24.3. The van der Waals surface area contributed by atoms with Crippen LogP contribution in [-0.4, -0.2) is 50.6 Å². The number of guanidine groups is 1. The highest BCUT2D eigenvalue weighted by Gasteiger charge is 2.27. The minimum atomic E-state index is -3.02. The number of hydrogen-bond acceptors (Lipinski definition) is 3. The lowest BCUT2D eigenvalue weighted by molar-refractivity contribution is 0.452. The van der Waals surface area contributed by atoms with E-state index in [1.807, 2.05) is 0 Å². The summed E-state index contributed by atoms with van der Waals surface area (Å²) >= 11 is 0. The first kappa shape index (κ1) is 13.0. The molecule has 92 valence electrons. The second-order valence-corrected chi connectivity index (χ2v) is 5.59. The van der Waals surface area contributed by atoms with E-state index in [2.05, 4.69) is 16.9 Å². The Balaban J connectivity index is 2.32. The Bertz CT molecular complexity index is 364. The van der Waals surface area contributed by atoms with Crippen LogP contribution >= 0.6 is 0 Å². The van der Waals surface area contributed by atoms with Crippen molar-refractivity contribution in [3.8, 4) is 0 Å². The minimum Gasteiger partial charge on any atom is -0.370 e. The lowest BCUT2D eigenvalue weighted by Crippen LogP contribution is -2.33. The third-order valence-corrected chi connectivity index (χ3v) is 4.22. The van der Waals surface area contributed by atoms with Crippen LogP contribution in [0.25, 0.3) is 0 Å². The number of rotatable bonds is 5. The van der Waals surface area contributed by atoms with E-state index in [1.54, 1.807) is 6.08 Å².